The highest BCUT2D eigenvalue weighted by molar-refractivity contribution is 5.23. The Morgan fingerprint density at radius 3 is 3.10 bits per heavy atom. The Labute approximate surface area is 120 Å². The van der Waals surface area contributed by atoms with Crippen LogP contribution in [0.1, 0.15) is 38.1 Å². The molecule has 1 saturated heterocycles. The van der Waals surface area contributed by atoms with Crippen molar-refractivity contribution in [1.82, 2.24) is 14.7 Å². The first-order valence-electron chi connectivity index (χ1n) is 7.39. The first kappa shape index (κ1) is 13.6. The first-order valence-corrected chi connectivity index (χ1v) is 7.39. The van der Waals surface area contributed by atoms with Crippen LogP contribution < -0.4 is 0 Å². The summed E-state index contributed by atoms with van der Waals surface area (Å²) in [4.78, 5) is 2.49. The predicted molar refractivity (Wildman–Crippen MR) is 75.0 cm³/mol. The van der Waals surface area contributed by atoms with Crippen LogP contribution in [0.4, 0.5) is 0 Å². The number of hydrogen-bond donors (Lipinski definition) is 0. The van der Waals surface area contributed by atoms with Crippen LogP contribution in [0.2, 0.25) is 0 Å². The zero-order valence-corrected chi connectivity index (χ0v) is 12.3. The second kappa shape index (κ2) is 5.19. The third kappa shape index (κ3) is 2.87. The van der Waals surface area contributed by atoms with E-state index in [-0.39, 0.29) is 5.60 Å². The maximum atomic E-state index is 8.92. The molecule has 0 bridgehead atoms. The molecule has 1 fully saturated rings. The van der Waals surface area contributed by atoms with Crippen LogP contribution >= 0.6 is 0 Å². The highest BCUT2D eigenvalue weighted by Crippen LogP contribution is 2.29. The molecule has 1 aromatic rings. The first-order chi connectivity index (χ1) is 9.55. The minimum absolute atomic E-state index is 0.0223. The Balaban J connectivity index is 1.61. The van der Waals surface area contributed by atoms with Gasteiger partial charge in [0.25, 0.3) is 0 Å². The molecule has 2 aliphatic heterocycles. The van der Waals surface area contributed by atoms with Crippen LogP contribution in [-0.2, 0) is 17.8 Å². The highest BCUT2D eigenvalue weighted by Gasteiger charge is 2.30. The Morgan fingerprint density at radius 1 is 1.50 bits per heavy atom. The van der Waals surface area contributed by atoms with Gasteiger partial charge in [0, 0.05) is 26.2 Å². The van der Waals surface area contributed by atoms with E-state index in [1.54, 1.807) is 0 Å². The molecule has 5 heteroatoms. The molecule has 5 nitrogen and oxygen atoms in total. The van der Waals surface area contributed by atoms with Gasteiger partial charge in [0.15, 0.2) is 5.69 Å². The van der Waals surface area contributed by atoms with E-state index in [0.717, 1.165) is 45.6 Å². The average molecular weight is 274 g/mol. The minimum atomic E-state index is 0.0223. The van der Waals surface area contributed by atoms with Crippen LogP contribution in [-0.4, -0.2) is 40.0 Å². The highest BCUT2D eigenvalue weighted by atomic mass is 16.5. The summed E-state index contributed by atoms with van der Waals surface area (Å²) in [7, 11) is 0. The molecule has 3 rings (SSSR count). The SMILES string of the molecule is CC1(C)C[C@H](CN2CCn3nc(C#N)cc3C2)CCO1. The van der Waals surface area contributed by atoms with Crippen LogP contribution in [0.5, 0.6) is 0 Å². The van der Waals surface area contributed by atoms with Crippen LogP contribution in [0.25, 0.3) is 0 Å². The van der Waals surface area contributed by atoms with Gasteiger partial charge >= 0.3 is 0 Å². The molecule has 1 atom stereocenters. The number of fused-ring (bicyclic) bond motifs is 1. The summed E-state index contributed by atoms with van der Waals surface area (Å²) in [6, 6.07) is 4.04. The lowest BCUT2D eigenvalue weighted by Crippen LogP contribution is -2.42. The molecule has 0 amide bonds. The van der Waals surface area contributed by atoms with Gasteiger partial charge in [0.05, 0.1) is 17.8 Å². The largest absolute Gasteiger partial charge is 0.376 e. The summed E-state index contributed by atoms with van der Waals surface area (Å²) in [6.07, 6.45) is 2.29. The van der Waals surface area contributed by atoms with Crippen molar-refractivity contribution in [3.05, 3.63) is 17.5 Å². The minimum Gasteiger partial charge on any atom is -0.376 e. The van der Waals surface area contributed by atoms with Gasteiger partial charge in [-0.25, -0.2) is 0 Å². The summed E-state index contributed by atoms with van der Waals surface area (Å²) < 4.78 is 7.77. The van der Waals surface area contributed by atoms with Gasteiger partial charge in [-0.15, -0.1) is 0 Å². The number of ether oxygens (including phenoxy) is 1. The smallest absolute Gasteiger partial charge is 0.162 e. The zero-order chi connectivity index (χ0) is 14.2. The van der Waals surface area contributed by atoms with Crippen molar-refractivity contribution in [2.45, 2.75) is 45.4 Å². The van der Waals surface area contributed by atoms with E-state index in [2.05, 4.69) is 29.9 Å². The van der Waals surface area contributed by atoms with Crippen molar-refractivity contribution >= 4 is 0 Å². The number of rotatable bonds is 2. The Morgan fingerprint density at radius 2 is 2.35 bits per heavy atom. The number of nitrogens with zero attached hydrogens (tertiary/aromatic N) is 4. The fourth-order valence-corrected chi connectivity index (χ4v) is 3.41. The molecule has 108 valence electrons. The predicted octanol–water partition coefficient (Wildman–Crippen LogP) is 1.78. The number of nitriles is 1. The summed E-state index contributed by atoms with van der Waals surface area (Å²) in [6.45, 7) is 9.20. The summed E-state index contributed by atoms with van der Waals surface area (Å²) in [5.41, 5.74) is 1.72. The topological polar surface area (TPSA) is 54.1 Å². The molecule has 1 aromatic heterocycles. The molecule has 0 unspecified atom stereocenters. The van der Waals surface area contributed by atoms with Crippen LogP contribution in [0.15, 0.2) is 6.07 Å². The van der Waals surface area contributed by atoms with E-state index in [1.807, 2.05) is 10.7 Å². The van der Waals surface area contributed by atoms with E-state index >= 15 is 0 Å². The Kier molecular flexibility index (Phi) is 3.53. The molecule has 0 N–H and O–H groups in total. The molecule has 0 radical (unpaired) electrons. The van der Waals surface area contributed by atoms with E-state index in [1.165, 1.54) is 5.69 Å². The number of hydrogen-bond acceptors (Lipinski definition) is 4. The van der Waals surface area contributed by atoms with E-state index in [4.69, 9.17) is 10.00 Å². The summed E-state index contributed by atoms with van der Waals surface area (Å²) in [5, 5.41) is 13.2. The van der Waals surface area contributed by atoms with Gasteiger partial charge < -0.3 is 4.74 Å². The molecular weight excluding hydrogens is 252 g/mol. The fraction of sp³-hybridized carbons (Fsp3) is 0.733. The monoisotopic (exact) mass is 274 g/mol. The molecule has 3 heterocycles. The lowest BCUT2D eigenvalue weighted by Gasteiger charge is -2.38. The van der Waals surface area contributed by atoms with Crippen molar-refractivity contribution in [3.8, 4) is 6.07 Å². The molecule has 0 aliphatic carbocycles. The quantitative estimate of drug-likeness (QED) is 0.825. The van der Waals surface area contributed by atoms with Gasteiger partial charge in [-0.1, -0.05) is 0 Å². The average Bonchev–Trinajstić information content (AvgIpc) is 2.79. The van der Waals surface area contributed by atoms with Crippen molar-refractivity contribution in [1.29, 1.82) is 5.26 Å². The maximum Gasteiger partial charge on any atom is 0.162 e. The third-order valence-electron chi connectivity index (χ3n) is 4.31. The van der Waals surface area contributed by atoms with Crippen LogP contribution in [0.3, 0.4) is 0 Å². The van der Waals surface area contributed by atoms with Crippen molar-refractivity contribution in [3.63, 3.8) is 0 Å². The fourth-order valence-electron chi connectivity index (χ4n) is 3.41. The second-order valence-electron chi connectivity index (χ2n) is 6.56. The molecule has 20 heavy (non-hydrogen) atoms. The molecule has 0 saturated carbocycles. The van der Waals surface area contributed by atoms with Crippen molar-refractivity contribution in [2.75, 3.05) is 19.7 Å². The Hall–Kier alpha value is -1.38. The number of aromatic nitrogens is 2. The van der Waals surface area contributed by atoms with Gasteiger partial charge in [-0.3, -0.25) is 9.58 Å². The Bertz CT molecular complexity index is 528. The van der Waals surface area contributed by atoms with Crippen LogP contribution in [0, 0.1) is 17.2 Å². The van der Waals surface area contributed by atoms with Gasteiger partial charge in [-0.2, -0.15) is 10.4 Å². The lowest BCUT2D eigenvalue weighted by atomic mass is 9.88. The van der Waals surface area contributed by atoms with Crippen molar-refractivity contribution < 1.29 is 4.74 Å². The molecule has 0 spiro atoms. The van der Waals surface area contributed by atoms with Gasteiger partial charge in [0.2, 0.25) is 0 Å². The van der Waals surface area contributed by atoms with Gasteiger partial charge in [0.1, 0.15) is 6.07 Å². The maximum absolute atomic E-state index is 8.92. The third-order valence-corrected chi connectivity index (χ3v) is 4.31. The normalized spacial score (nSPS) is 25.9. The second-order valence-corrected chi connectivity index (χ2v) is 6.56. The lowest BCUT2D eigenvalue weighted by molar-refractivity contribution is -0.0777. The van der Waals surface area contributed by atoms with Gasteiger partial charge in [-0.05, 0) is 38.7 Å². The summed E-state index contributed by atoms with van der Waals surface area (Å²) in [5.74, 6) is 0.712. The summed E-state index contributed by atoms with van der Waals surface area (Å²) >= 11 is 0. The zero-order valence-electron chi connectivity index (χ0n) is 12.3. The molecule has 2 aliphatic rings. The molecular formula is C15H22N4O. The molecule has 0 aromatic carbocycles. The van der Waals surface area contributed by atoms with E-state index in [9.17, 15) is 0 Å². The standard InChI is InChI=1S/C15H22N4O/c1-15(2)8-12(3-6-20-15)10-18-4-5-19-14(11-18)7-13(9-16)17-19/h7,12H,3-6,8,10-11H2,1-2H3/t12-/m1/s1. The van der Waals surface area contributed by atoms with E-state index < -0.39 is 0 Å². The van der Waals surface area contributed by atoms with Crippen molar-refractivity contribution in [2.24, 2.45) is 5.92 Å². The van der Waals surface area contributed by atoms with E-state index in [0.29, 0.717) is 11.6 Å².